The topological polar surface area (TPSA) is 38.7 Å². The van der Waals surface area contributed by atoms with Gasteiger partial charge in [0.25, 0.3) is 0 Å². The Morgan fingerprint density at radius 1 is 1.33 bits per heavy atom. The van der Waals surface area contributed by atoms with Crippen molar-refractivity contribution >= 4 is 0 Å². The van der Waals surface area contributed by atoms with Gasteiger partial charge < -0.3 is 14.6 Å². The highest BCUT2D eigenvalue weighted by molar-refractivity contribution is 5.31. The first-order valence-corrected chi connectivity index (χ1v) is 5.09. The Bertz CT molecular complexity index is 286. The third-order valence-corrected chi connectivity index (χ3v) is 2.18. The van der Waals surface area contributed by atoms with Crippen LogP contribution in [0.5, 0.6) is 5.75 Å². The zero-order valence-electron chi connectivity index (χ0n) is 9.27. The van der Waals surface area contributed by atoms with Gasteiger partial charge in [0.15, 0.2) is 0 Å². The summed E-state index contributed by atoms with van der Waals surface area (Å²) in [6.45, 7) is 2.85. The zero-order valence-corrected chi connectivity index (χ0v) is 9.27. The molecule has 3 nitrogen and oxygen atoms in total. The van der Waals surface area contributed by atoms with Crippen LogP contribution < -0.4 is 4.74 Å². The van der Waals surface area contributed by atoms with Crippen LogP contribution >= 0.6 is 0 Å². The number of aliphatic hydroxyl groups is 1. The fraction of sp³-hybridized carbons (Fsp3) is 0.500. The molecule has 1 aromatic rings. The predicted octanol–water partition coefficient (Wildman–Crippen LogP) is 1.77. The summed E-state index contributed by atoms with van der Waals surface area (Å²) in [4.78, 5) is 0. The second kappa shape index (κ2) is 6.43. The van der Waals surface area contributed by atoms with Crippen LogP contribution in [0.3, 0.4) is 0 Å². The molecule has 84 valence electrons. The Morgan fingerprint density at radius 3 is 2.73 bits per heavy atom. The molecular weight excluding hydrogens is 192 g/mol. The summed E-state index contributed by atoms with van der Waals surface area (Å²) < 4.78 is 10.4. The minimum Gasteiger partial charge on any atom is -0.491 e. The van der Waals surface area contributed by atoms with Crippen LogP contribution in [-0.4, -0.2) is 31.5 Å². The smallest absolute Gasteiger partial charge is 0.122 e. The number of aliphatic hydroxyl groups excluding tert-OH is 1. The molecule has 0 heterocycles. The zero-order chi connectivity index (χ0) is 11.1. The molecule has 3 heteroatoms. The van der Waals surface area contributed by atoms with Gasteiger partial charge in [-0.2, -0.15) is 0 Å². The van der Waals surface area contributed by atoms with Crippen LogP contribution in [0.15, 0.2) is 24.3 Å². The first-order chi connectivity index (χ1) is 7.24. The van der Waals surface area contributed by atoms with E-state index in [1.165, 1.54) is 0 Å². The van der Waals surface area contributed by atoms with Crippen LogP contribution in [0.4, 0.5) is 0 Å². The van der Waals surface area contributed by atoms with Crippen molar-refractivity contribution < 1.29 is 14.6 Å². The molecule has 1 unspecified atom stereocenters. The molecule has 0 aromatic heterocycles. The minimum absolute atomic E-state index is 0.314. The van der Waals surface area contributed by atoms with Gasteiger partial charge in [-0.15, -0.1) is 0 Å². The SMILES string of the molecule is COCCC(O)COc1ccccc1C. The number of rotatable bonds is 6. The van der Waals surface area contributed by atoms with Gasteiger partial charge in [0, 0.05) is 13.7 Å². The van der Waals surface area contributed by atoms with Crippen LogP contribution in [-0.2, 0) is 4.74 Å². The molecule has 1 N–H and O–H groups in total. The molecule has 0 amide bonds. The molecule has 0 fully saturated rings. The van der Waals surface area contributed by atoms with E-state index in [1.807, 2.05) is 31.2 Å². The minimum atomic E-state index is -0.468. The maximum atomic E-state index is 9.53. The molecule has 0 aliphatic heterocycles. The Morgan fingerprint density at radius 2 is 2.07 bits per heavy atom. The summed E-state index contributed by atoms with van der Waals surface area (Å²) in [5, 5.41) is 9.53. The summed E-state index contributed by atoms with van der Waals surface area (Å²) >= 11 is 0. The number of hydrogen-bond acceptors (Lipinski definition) is 3. The standard InChI is InChI=1S/C12H18O3/c1-10-5-3-4-6-12(10)15-9-11(13)7-8-14-2/h3-6,11,13H,7-9H2,1-2H3. The quantitative estimate of drug-likeness (QED) is 0.777. The van der Waals surface area contributed by atoms with Crippen molar-refractivity contribution in [3.63, 3.8) is 0 Å². The maximum absolute atomic E-state index is 9.53. The van der Waals surface area contributed by atoms with Gasteiger partial charge in [-0.05, 0) is 25.0 Å². The lowest BCUT2D eigenvalue weighted by Gasteiger charge is -2.13. The lowest BCUT2D eigenvalue weighted by molar-refractivity contribution is 0.0704. The average Bonchev–Trinajstić information content (AvgIpc) is 2.25. The molecule has 15 heavy (non-hydrogen) atoms. The Hall–Kier alpha value is -1.06. The first-order valence-electron chi connectivity index (χ1n) is 5.09. The lowest BCUT2D eigenvalue weighted by Crippen LogP contribution is -2.19. The van der Waals surface area contributed by atoms with Crippen LogP contribution in [0.25, 0.3) is 0 Å². The number of hydrogen-bond donors (Lipinski definition) is 1. The Kier molecular flexibility index (Phi) is 5.15. The van der Waals surface area contributed by atoms with Crippen molar-refractivity contribution in [2.75, 3.05) is 20.3 Å². The molecule has 0 radical (unpaired) electrons. The molecule has 0 spiro atoms. The second-order valence-electron chi connectivity index (χ2n) is 3.51. The fourth-order valence-electron chi connectivity index (χ4n) is 1.24. The fourth-order valence-corrected chi connectivity index (χ4v) is 1.24. The molecule has 0 aliphatic rings. The summed E-state index contributed by atoms with van der Waals surface area (Å²) in [6.07, 6.45) is 0.132. The average molecular weight is 210 g/mol. The Labute approximate surface area is 90.6 Å². The number of para-hydroxylation sites is 1. The second-order valence-corrected chi connectivity index (χ2v) is 3.51. The number of benzene rings is 1. The maximum Gasteiger partial charge on any atom is 0.122 e. The van der Waals surface area contributed by atoms with Gasteiger partial charge in [0.2, 0.25) is 0 Å². The third kappa shape index (κ3) is 4.32. The third-order valence-electron chi connectivity index (χ3n) is 2.18. The Balaban J connectivity index is 2.33. The van der Waals surface area contributed by atoms with Crippen molar-refractivity contribution in [2.24, 2.45) is 0 Å². The van der Waals surface area contributed by atoms with Crippen LogP contribution in [0.2, 0.25) is 0 Å². The number of methoxy groups -OCH3 is 1. The van der Waals surface area contributed by atoms with Gasteiger partial charge in [0.1, 0.15) is 12.4 Å². The van der Waals surface area contributed by atoms with Gasteiger partial charge in [-0.1, -0.05) is 18.2 Å². The molecule has 1 aromatic carbocycles. The molecule has 0 saturated carbocycles. The monoisotopic (exact) mass is 210 g/mol. The van der Waals surface area contributed by atoms with E-state index >= 15 is 0 Å². The highest BCUT2D eigenvalue weighted by Gasteiger charge is 2.05. The van der Waals surface area contributed by atoms with E-state index in [1.54, 1.807) is 7.11 Å². The van der Waals surface area contributed by atoms with E-state index in [-0.39, 0.29) is 0 Å². The van der Waals surface area contributed by atoms with E-state index in [2.05, 4.69) is 0 Å². The van der Waals surface area contributed by atoms with E-state index in [0.29, 0.717) is 19.6 Å². The van der Waals surface area contributed by atoms with E-state index in [4.69, 9.17) is 9.47 Å². The van der Waals surface area contributed by atoms with E-state index in [9.17, 15) is 5.11 Å². The normalized spacial score (nSPS) is 12.5. The number of aryl methyl sites for hydroxylation is 1. The molecule has 1 rings (SSSR count). The lowest BCUT2D eigenvalue weighted by atomic mass is 10.2. The summed E-state index contributed by atoms with van der Waals surface area (Å²) in [5.74, 6) is 0.828. The van der Waals surface area contributed by atoms with Crippen molar-refractivity contribution in [2.45, 2.75) is 19.4 Å². The summed E-state index contributed by atoms with van der Waals surface area (Å²) in [6, 6.07) is 7.77. The molecule has 1 atom stereocenters. The van der Waals surface area contributed by atoms with Gasteiger partial charge >= 0.3 is 0 Å². The number of ether oxygens (including phenoxy) is 2. The summed E-state index contributed by atoms with van der Waals surface area (Å²) in [7, 11) is 1.62. The van der Waals surface area contributed by atoms with Crippen LogP contribution in [0.1, 0.15) is 12.0 Å². The van der Waals surface area contributed by atoms with Crippen molar-refractivity contribution in [3.8, 4) is 5.75 Å². The predicted molar refractivity (Wildman–Crippen MR) is 59.2 cm³/mol. The molecule has 0 saturated heterocycles. The van der Waals surface area contributed by atoms with Crippen molar-refractivity contribution in [3.05, 3.63) is 29.8 Å². The largest absolute Gasteiger partial charge is 0.491 e. The van der Waals surface area contributed by atoms with E-state index in [0.717, 1.165) is 11.3 Å². The summed E-state index contributed by atoms with van der Waals surface area (Å²) in [5.41, 5.74) is 1.08. The molecule has 0 aliphatic carbocycles. The van der Waals surface area contributed by atoms with Gasteiger partial charge in [0.05, 0.1) is 6.10 Å². The molecular formula is C12H18O3. The molecule has 0 bridgehead atoms. The van der Waals surface area contributed by atoms with Crippen molar-refractivity contribution in [1.82, 2.24) is 0 Å². The van der Waals surface area contributed by atoms with Gasteiger partial charge in [-0.3, -0.25) is 0 Å². The van der Waals surface area contributed by atoms with Gasteiger partial charge in [-0.25, -0.2) is 0 Å². The van der Waals surface area contributed by atoms with Crippen LogP contribution in [0, 0.1) is 6.92 Å². The highest BCUT2D eigenvalue weighted by Crippen LogP contribution is 2.16. The van der Waals surface area contributed by atoms with Crippen molar-refractivity contribution in [1.29, 1.82) is 0 Å². The highest BCUT2D eigenvalue weighted by atomic mass is 16.5. The van der Waals surface area contributed by atoms with E-state index < -0.39 is 6.10 Å². The first kappa shape index (κ1) is 12.0.